The van der Waals surface area contributed by atoms with Gasteiger partial charge in [-0.1, -0.05) is 0 Å². The Labute approximate surface area is 111 Å². The molecule has 7 heteroatoms. The number of ether oxygens (including phenoxy) is 1. The molecular weight excluding hydrogens is 252 g/mol. The van der Waals surface area contributed by atoms with E-state index in [0.29, 0.717) is 32.4 Å². The van der Waals surface area contributed by atoms with E-state index in [-0.39, 0.29) is 18.9 Å². The largest absolute Gasteiger partial charge is 0.481 e. The van der Waals surface area contributed by atoms with Crippen LogP contribution in [-0.4, -0.2) is 42.8 Å². The van der Waals surface area contributed by atoms with Gasteiger partial charge < -0.3 is 20.5 Å². The standard InChI is InChI=1S/C12H20N2O5/c1-2-19-9(15)4-3-7-13-11(18)14-8-12(5-6-12)10(16)17/h2-8H2,1H3,(H,16,17)(H2,13,14,18). The molecule has 0 unspecified atom stereocenters. The molecule has 19 heavy (non-hydrogen) atoms. The molecule has 0 saturated heterocycles. The highest BCUT2D eigenvalue weighted by Gasteiger charge is 2.50. The zero-order chi connectivity index (χ0) is 14.3. The number of carboxylic acids is 1. The lowest BCUT2D eigenvalue weighted by molar-refractivity contribution is -0.144. The van der Waals surface area contributed by atoms with Crippen LogP contribution < -0.4 is 10.6 Å². The van der Waals surface area contributed by atoms with E-state index in [1.54, 1.807) is 6.92 Å². The van der Waals surface area contributed by atoms with Gasteiger partial charge in [0.25, 0.3) is 0 Å². The normalized spacial score (nSPS) is 15.4. The molecule has 108 valence electrons. The average Bonchev–Trinajstić information content (AvgIpc) is 3.14. The number of nitrogens with one attached hydrogen (secondary N) is 2. The quantitative estimate of drug-likeness (QED) is 0.440. The molecule has 0 aromatic heterocycles. The van der Waals surface area contributed by atoms with Crippen LogP contribution in [0.15, 0.2) is 0 Å². The molecular formula is C12H20N2O5. The van der Waals surface area contributed by atoms with Crippen LogP contribution in [-0.2, 0) is 14.3 Å². The Hall–Kier alpha value is -1.79. The van der Waals surface area contributed by atoms with Crippen LogP contribution in [0.1, 0.15) is 32.6 Å². The van der Waals surface area contributed by atoms with E-state index in [9.17, 15) is 14.4 Å². The van der Waals surface area contributed by atoms with Crippen molar-refractivity contribution >= 4 is 18.0 Å². The zero-order valence-corrected chi connectivity index (χ0v) is 11.0. The molecule has 0 radical (unpaired) electrons. The lowest BCUT2D eigenvalue weighted by Gasteiger charge is -2.11. The van der Waals surface area contributed by atoms with Gasteiger partial charge in [0.2, 0.25) is 0 Å². The van der Waals surface area contributed by atoms with Crippen molar-refractivity contribution in [3.63, 3.8) is 0 Å². The fourth-order valence-corrected chi connectivity index (χ4v) is 1.60. The number of urea groups is 1. The maximum Gasteiger partial charge on any atom is 0.314 e. The number of esters is 1. The second kappa shape index (κ2) is 6.96. The highest BCUT2D eigenvalue weighted by Crippen LogP contribution is 2.45. The molecule has 0 heterocycles. The molecule has 0 spiro atoms. The van der Waals surface area contributed by atoms with Gasteiger partial charge in [0.15, 0.2) is 0 Å². The Morgan fingerprint density at radius 2 is 1.95 bits per heavy atom. The number of carbonyl (C=O) groups is 3. The van der Waals surface area contributed by atoms with Crippen LogP contribution in [0.5, 0.6) is 0 Å². The summed E-state index contributed by atoms with van der Waals surface area (Å²) in [7, 11) is 0. The van der Waals surface area contributed by atoms with E-state index < -0.39 is 17.4 Å². The van der Waals surface area contributed by atoms with Gasteiger partial charge in [-0.25, -0.2) is 4.79 Å². The molecule has 7 nitrogen and oxygen atoms in total. The Morgan fingerprint density at radius 3 is 2.47 bits per heavy atom. The van der Waals surface area contributed by atoms with Crippen molar-refractivity contribution in [1.82, 2.24) is 10.6 Å². The van der Waals surface area contributed by atoms with Crippen molar-refractivity contribution in [2.45, 2.75) is 32.6 Å². The SMILES string of the molecule is CCOC(=O)CCCNC(=O)NCC1(C(=O)O)CC1. The summed E-state index contributed by atoms with van der Waals surface area (Å²) >= 11 is 0. The zero-order valence-electron chi connectivity index (χ0n) is 11.0. The van der Waals surface area contributed by atoms with E-state index in [1.165, 1.54) is 0 Å². The molecule has 1 aliphatic rings. The van der Waals surface area contributed by atoms with Crippen molar-refractivity contribution in [1.29, 1.82) is 0 Å². The van der Waals surface area contributed by atoms with Crippen molar-refractivity contribution in [2.75, 3.05) is 19.7 Å². The Balaban J connectivity index is 2.06. The minimum atomic E-state index is -0.866. The minimum Gasteiger partial charge on any atom is -0.481 e. The Kier molecular flexibility index (Phi) is 5.59. The van der Waals surface area contributed by atoms with Crippen LogP contribution in [0.2, 0.25) is 0 Å². The van der Waals surface area contributed by atoms with E-state index >= 15 is 0 Å². The number of hydrogen-bond acceptors (Lipinski definition) is 4. The third-order valence-corrected chi connectivity index (χ3v) is 3.04. The van der Waals surface area contributed by atoms with Crippen molar-refractivity contribution < 1.29 is 24.2 Å². The van der Waals surface area contributed by atoms with Crippen molar-refractivity contribution in [2.24, 2.45) is 5.41 Å². The van der Waals surface area contributed by atoms with E-state index in [0.717, 1.165) is 0 Å². The fraction of sp³-hybridized carbons (Fsp3) is 0.750. The number of rotatable bonds is 8. The summed E-state index contributed by atoms with van der Waals surface area (Å²) in [5.74, 6) is -1.15. The Morgan fingerprint density at radius 1 is 1.26 bits per heavy atom. The van der Waals surface area contributed by atoms with Crippen LogP contribution in [0, 0.1) is 5.41 Å². The average molecular weight is 272 g/mol. The number of aliphatic carboxylic acids is 1. The molecule has 0 aliphatic heterocycles. The summed E-state index contributed by atoms with van der Waals surface area (Å²) in [5.41, 5.74) is -0.762. The van der Waals surface area contributed by atoms with Crippen molar-refractivity contribution in [3.05, 3.63) is 0 Å². The van der Waals surface area contributed by atoms with Gasteiger partial charge in [-0.05, 0) is 26.2 Å². The lowest BCUT2D eigenvalue weighted by atomic mass is 10.1. The minimum absolute atomic E-state index is 0.145. The first-order valence-corrected chi connectivity index (χ1v) is 6.41. The summed E-state index contributed by atoms with van der Waals surface area (Å²) in [5, 5.41) is 14.0. The monoisotopic (exact) mass is 272 g/mol. The molecule has 1 fully saturated rings. The van der Waals surface area contributed by atoms with Gasteiger partial charge in [0, 0.05) is 19.5 Å². The molecule has 1 aliphatic carbocycles. The molecule has 1 rings (SSSR count). The molecule has 1 saturated carbocycles. The highest BCUT2D eigenvalue weighted by molar-refractivity contribution is 5.80. The van der Waals surface area contributed by atoms with Crippen LogP contribution in [0.3, 0.4) is 0 Å². The number of hydrogen-bond donors (Lipinski definition) is 3. The van der Waals surface area contributed by atoms with Gasteiger partial charge in [-0.3, -0.25) is 9.59 Å². The van der Waals surface area contributed by atoms with Gasteiger partial charge in [-0.15, -0.1) is 0 Å². The highest BCUT2D eigenvalue weighted by atomic mass is 16.5. The predicted molar refractivity (Wildman–Crippen MR) is 66.6 cm³/mol. The van der Waals surface area contributed by atoms with Crippen LogP contribution >= 0.6 is 0 Å². The van der Waals surface area contributed by atoms with E-state index in [4.69, 9.17) is 9.84 Å². The van der Waals surface area contributed by atoms with Crippen molar-refractivity contribution in [3.8, 4) is 0 Å². The molecule has 0 aromatic rings. The second-order valence-corrected chi connectivity index (χ2v) is 4.60. The molecule has 2 amide bonds. The van der Waals surface area contributed by atoms with Gasteiger partial charge in [0.05, 0.1) is 12.0 Å². The summed E-state index contributed by atoms with van der Waals surface area (Å²) in [6.07, 6.45) is 1.96. The summed E-state index contributed by atoms with van der Waals surface area (Å²) in [6.45, 7) is 2.58. The van der Waals surface area contributed by atoms with Crippen LogP contribution in [0.25, 0.3) is 0 Å². The summed E-state index contributed by atoms with van der Waals surface area (Å²) in [6, 6.07) is -0.406. The first-order chi connectivity index (χ1) is 9.00. The second-order valence-electron chi connectivity index (χ2n) is 4.60. The third-order valence-electron chi connectivity index (χ3n) is 3.04. The molecule has 0 aromatic carbocycles. The maximum absolute atomic E-state index is 11.4. The third kappa shape index (κ3) is 5.15. The number of amides is 2. The smallest absolute Gasteiger partial charge is 0.314 e. The number of carboxylic acid groups (broad SMARTS) is 1. The van der Waals surface area contributed by atoms with Gasteiger partial charge in [0.1, 0.15) is 0 Å². The predicted octanol–water partition coefficient (Wildman–Crippen LogP) is 0.494. The maximum atomic E-state index is 11.4. The first-order valence-electron chi connectivity index (χ1n) is 6.41. The van der Waals surface area contributed by atoms with Gasteiger partial charge in [-0.2, -0.15) is 0 Å². The van der Waals surface area contributed by atoms with Crippen LogP contribution in [0.4, 0.5) is 4.79 Å². The Bertz CT molecular complexity index is 352. The van der Waals surface area contributed by atoms with E-state index in [2.05, 4.69) is 10.6 Å². The topological polar surface area (TPSA) is 105 Å². The summed E-state index contributed by atoms with van der Waals surface area (Å²) < 4.78 is 4.74. The fourth-order valence-electron chi connectivity index (χ4n) is 1.60. The molecule has 0 bridgehead atoms. The first kappa shape index (κ1) is 15.3. The molecule has 0 atom stereocenters. The van der Waals surface area contributed by atoms with E-state index in [1.807, 2.05) is 0 Å². The lowest BCUT2D eigenvalue weighted by Crippen LogP contribution is -2.41. The summed E-state index contributed by atoms with van der Waals surface area (Å²) in [4.78, 5) is 33.3. The van der Waals surface area contributed by atoms with Gasteiger partial charge >= 0.3 is 18.0 Å². The number of carbonyl (C=O) groups excluding carboxylic acids is 2. The molecule has 3 N–H and O–H groups in total.